The molecular weight excluding hydrogens is 362 g/mol. The lowest BCUT2D eigenvalue weighted by molar-refractivity contribution is 0.469. The molecule has 2 aromatic heterocycles. The van der Waals surface area contributed by atoms with E-state index in [4.69, 9.17) is 10.5 Å². The highest BCUT2D eigenvalue weighted by molar-refractivity contribution is 5.84. The summed E-state index contributed by atoms with van der Waals surface area (Å²) < 4.78 is 5.99. The number of benzene rings is 2. The fourth-order valence-corrected chi connectivity index (χ4v) is 3.10. The Balaban J connectivity index is 1.56. The number of hydrogen-bond acceptors (Lipinski definition) is 6. The summed E-state index contributed by atoms with van der Waals surface area (Å²) in [6.45, 7) is 2.20. The second-order valence-corrected chi connectivity index (χ2v) is 6.80. The number of anilines is 3. The second-order valence-electron chi connectivity index (χ2n) is 6.80. The van der Waals surface area contributed by atoms with Crippen molar-refractivity contribution in [3.05, 3.63) is 72.7 Å². The Morgan fingerprint density at radius 1 is 0.966 bits per heavy atom. The van der Waals surface area contributed by atoms with Gasteiger partial charge in [-0.25, -0.2) is 4.98 Å². The average Bonchev–Trinajstić information content (AvgIpc) is 2.76. The third-order valence-corrected chi connectivity index (χ3v) is 4.69. The van der Waals surface area contributed by atoms with Crippen molar-refractivity contribution in [3.63, 3.8) is 0 Å². The van der Waals surface area contributed by atoms with E-state index in [2.05, 4.69) is 39.3 Å². The summed E-state index contributed by atoms with van der Waals surface area (Å²) in [5, 5.41) is 4.23. The van der Waals surface area contributed by atoms with Crippen LogP contribution >= 0.6 is 0 Å². The molecule has 2 heterocycles. The van der Waals surface area contributed by atoms with Crippen LogP contribution in [0.25, 0.3) is 10.9 Å². The number of ether oxygens (including phenoxy) is 1. The van der Waals surface area contributed by atoms with Gasteiger partial charge < -0.3 is 15.8 Å². The summed E-state index contributed by atoms with van der Waals surface area (Å²) in [5.41, 5.74) is 9.61. The molecule has 4 aromatic rings. The summed E-state index contributed by atoms with van der Waals surface area (Å²) >= 11 is 0. The number of aryl methyl sites for hydroxylation is 1. The molecule has 0 saturated carbocycles. The summed E-state index contributed by atoms with van der Waals surface area (Å²) in [7, 11) is 0. The second kappa shape index (κ2) is 8.56. The van der Waals surface area contributed by atoms with E-state index < -0.39 is 0 Å². The van der Waals surface area contributed by atoms with Crippen LogP contribution < -0.4 is 15.8 Å². The standard InChI is InChI=1S/C23H23N5O/c1-2-3-6-16-10-12-18(13-11-16)28-22-20(24)23(27-15-26-22)29-19-9-4-7-17-8-5-14-25-21(17)19/h4-5,7-15H,2-3,6,24H2,1H3,(H,26,27,28). The monoisotopic (exact) mass is 385 g/mol. The van der Waals surface area contributed by atoms with Crippen molar-refractivity contribution in [2.75, 3.05) is 11.1 Å². The Bertz CT molecular complexity index is 1110. The molecule has 0 fully saturated rings. The van der Waals surface area contributed by atoms with Crippen LogP contribution in [0, 0.1) is 0 Å². The van der Waals surface area contributed by atoms with Gasteiger partial charge in [-0.1, -0.05) is 43.7 Å². The number of unbranched alkanes of at least 4 members (excludes halogenated alkanes) is 1. The molecular formula is C23H23N5O. The highest BCUT2D eigenvalue weighted by Crippen LogP contribution is 2.33. The summed E-state index contributed by atoms with van der Waals surface area (Å²) in [4.78, 5) is 12.9. The Kier molecular flexibility index (Phi) is 5.52. The highest BCUT2D eigenvalue weighted by atomic mass is 16.5. The Labute approximate surface area is 169 Å². The maximum atomic E-state index is 6.29. The van der Waals surface area contributed by atoms with Gasteiger partial charge in [-0.3, -0.25) is 4.98 Å². The van der Waals surface area contributed by atoms with Crippen LogP contribution in [0.1, 0.15) is 25.3 Å². The van der Waals surface area contributed by atoms with Crippen molar-refractivity contribution in [1.29, 1.82) is 0 Å². The van der Waals surface area contributed by atoms with Crippen LogP contribution in [0.3, 0.4) is 0 Å². The third kappa shape index (κ3) is 4.27. The van der Waals surface area contributed by atoms with E-state index in [1.807, 2.05) is 42.5 Å². The molecule has 6 nitrogen and oxygen atoms in total. The van der Waals surface area contributed by atoms with E-state index in [9.17, 15) is 0 Å². The minimum Gasteiger partial charge on any atom is -0.435 e. The van der Waals surface area contributed by atoms with E-state index in [1.54, 1.807) is 6.20 Å². The van der Waals surface area contributed by atoms with Crippen molar-refractivity contribution in [2.24, 2.45) is 0 Å². The number of nitrogen functional groups attached to an aromatic ring is 1. The molecule has 0 amide bonds. The number of nitrogens with two attached hydrogens (primary N) is 1. The van der Waals surface area contributed by atoms with Gasteiger partial charge in [-0.15, -0.1) is 0 Å². The molecule has 0 atom stereocenters. The zero-order valence-corrected chi connectivity index (χ0v) is 16.3. The first kappa shape index (κ1) is 18.7. The van der Waals surface area contributed by atoms with Crippen molar-refractivity contribution in [2.45, 2.75) is 26.2 Å². The topological polar surface area (TPSA) is 86.0 Å². The molecule has 29 heavy (non-hydrogen) atoms. The first-order valence-corrected chi connectivity index (χ1v) is 9.72. The molecule has 2 aromatic carbocycles. The first-order valence-electron chi connectivity index (χ1n) is 9.72. The Morgan fingerprint density at radius 3 is 2.62 bits per heavy atom. The third-order valence-electron chi connectivity index (χ3n) is 4.69. The predicted octanol–water partition coefficient (Wildman–Crippen LogP) is 5.49. The van der Waals surface area contributed by atoms with Crippen LogP contribution in [0.4, 0.5) is 17.2 Å². The van der Waals surface area contributed by atoms with Crippen molar-refractivity contribution < 1.29 is 4.74 Å². The number of para-hydroxylation sites is 1. The fraction of sp³-hybridized carbons (Fsp3) is 0.174. The molecule has 6 heteroatoms. The first-order chi connectivity index (χ1) is 14.2. The summed E-state index contributed by atoms with van der Waals surface area (Å²) in [5.74, 6) is 1.39. The van der Waals surface area contributed by atoms with Gasteiger partial charge in [0, 0.05) is 17.3 Å². The minimum absolute atomic E-state index is 0.292. The number of nitrogens with one attached hydrogen (secondary N) is 1. The molecule has 0 aliphatic heterocycles. The molecule has 0 saturated heterocycles. The van der Waals surface area contributed by atoms with Gasteiger partial charge in [-0.05, 0) is 42.7 Å². The minimum atomic E-state index is 0.292. The van der Waals surface area contributed by atoms with Gasteiger partial charge in [0.15, 0.2) is 11.6 Å². The molecule has 0 unspecified atom stereocenters. The van der Waals surface area contributed by atoms with Crippen LogP contribution in [-0.4, -0.2) is 15.0 Å². The van der Waals surface area contributed by atoms with Crippen molar-refractivity contribution in [3.8, 4) is 11.6 Å². The SMILES string of the molecule is CCCCc1ccc(Nc2ncnc(Oc3cccc4cccnc34)c2N)cc1. The number of rotatable bonds is 7. The van der Waals surface area contributed by atoms with E-state index >= 15 is 0 Å². The van der Waals surface area contributed by atoms with E-state index in [0.29, 0.717) is 23.1 Å². The number of hydrogen-bond donors (Lipinski definition) is 2. The molecule has 0 bridgehead atoms. The van der Waals surface area contributed by atoms with Gasteiger partial charge in [-0.2, -0.15) is 4.98 Å². The number of nitrogens with zero attached hydrogens (tertiary/aromatic N) is 3. The zero-order valence-electron chi connectivity index (χ0n) is 16.3. The summed E-state index contributed by atoms with van der Waals surface area (Å²) in [6.07, 6.45) is 6.63. The predicted molar refractivity (Wildman–Crippen MR) is 117 cm³/mol. The Hall–Kier alpha value is -3.67. The zero-order chi connectivity index (χ0) is 20.1. The van der Waals surface area contributed by atoms with E-state index in [-0.39, 0.29) is 0 Å². The van der Waals surface area contributed by atoms with Crippen molar-refractivity contribution >= 4 is 28.1 Å². The van der Waals surface area contributed by atoms with E-state index in [1.165, 1.54) is 24.7 Å². The van der Waals surface area contributed by atoms with Gasteiger partial charge in [0.25, 0.3) is 0 Å². The lowest BCUT2D eigenvalue weighted by atomic mass is 10.1. The lowest BCUT2D eigenvalue weighted by Gasteiger charge is -2.13. The number of fused-ring (bicyclic) bond motifs is 1. The van der Waals surface area contributed by atoms with Crippen molar-refractivity contribution in [1.82, 2.24) is 15.0 Å². The lowest BCUT2D eigenvalue weighted by Crippen LogP contribution is -2.03. The Morgan fingerprint density at radius 2 is 1.79 bits per heavy atom. The van der Waals surface area contributed by atoms with Crippen LogP contribution in [0.2, 0.25) is 0 Å². The van der Waals surface area contributed by atoms with E-state index in [0.717, 1.165) is 23.0 Å². The largest absolute Gasteiger partial charge is 0.435 e. The molecule has 0 spiro atoms. The molecule has 3 N–H and O–H groups in total. The van der Waals surface area contributed by atoms with Gasteiger partial charge in [0.1, 0.15) is 17.5 Å². The maximum Gasteiger partial charge on any atom is 0.248 e. The molecule has 0 radical (unpaired) electrons. The van der Waals surface area contributed by atoms with Crippen LogP contribution in [0.15, 0.2) is 67.1 Å². The molecule has 0 aliphatic carbocycles. The van der Waals surface area contributed by atoms with Gasteiger partial charge in [0.2, 0.25) is 5.88 Å². The van der Waals surface area contributed by atoms with Crippen LogP contribution in [-0.2, 0) is 6.42 Å². The molecule has 0 aliphatic rings. The quantitative estimate of drug-likeness (QED) is 0.438. The smallest absolute Gasteiger partial charge is 0.248 e. The number of aromatic nitrogens is 3. The molecule has 146 valence electrons. The van der Waals surface area contributed by atoms with Gasteiger partial charge >= 0.3 is 0 Å². The summed E-state index contributed by atoms with van der Waals surface area (Å²) in [6, 6.07) is 17.9. The fourth-order valence-electron chi connectivity index (χ4n) is 3.10. The van der Waals surface area contributed by atoms with Gasteiger partial charge in [0.05, 0.1) is 0 Å². The highest BCUT2D eigenvalue weighted by Gasteiger charge is 2.12. The van der Waals surface area contributed by atoms with Crippen LogP contribution in [0.5, 0.6) is 11.6 Å². The number of pyridine rings is 1. The normalized spacial score (nSPS) is 10.8. The average molecular weight is 385 g/mol. The molecule has 4 rings (SSSR count). The maximum absolute atomic E-state index is 6.29.